The van der Waals surface area contributed by atoms with Crippen molar-refractivity contribution in [2.75, 3.05) is 13.1 Å². The number of hydrogen-bond donors (Lipinski definition) is 1. The second-order valence-corrected chi connectivity index (χ2v) is 5.42. The molecular weight excluding hydrogens is 194 g/mol. The van der Waals surface area contributed by atoms with E-state index >= 15 is 0 Å². The van der Waals surface area contributed by atoms with Crippen LogP contribution in [0.25, 0.3) is 0 Å². The van der Waals surface area contributed by atoms with Crippen molar-refractivity contribution in [3.63, 3.8) is 0 Å². The number of nitrogens with one attached hydrogen (secondary N) is 1. The Morgan fingerprint density at radius 1 is 1.31 bits per heavy atom. The van der Waals surface area contributed by atoms with Crippen LogP contribution in [-0.2, 0) is 0 Å². The largest absolute Gasteiger partial charge is 0.316 e. The molecule has 1 aromatic rings. The van der Waals surface area contributed by atoms with Crippen molar-refractivity contribution < 1.29 is 0 Å². The fourth-order valence-electron chi connectivity index (χ4n) is 2.90. The molecule has 1 nitrogen and oxygen atoms in total. The number of aryl methyl sites for hydroxylation is 1. The molecule has 1 N–H and O–H groups in total. The molecule has 0 spiro atoms. The lowest BCUT2D eigenvalue weighted by Gasteiger charge is -2.35. The van der Waals surface area contributed by atoms with Crippen LogP contribution in [0.5, 0.6) is 0 Å². The Bertz CT molecular complexity index is 343. The molecule has 2 rings (SSSR count). The fraction of sp³-hybridized carbons (Fsp3) is 0.600. The van der Waals surface area contributed by atoms with Gasteiger partial charge in [-0.3, -0.25) is 0 Å². The third-order valence-electron chi connectivity index (χ3n) is 3.86. The molecule has 1 heteroatoms. The molecule has 1 aromatic carbocycles. The molecule has 16 heavy (non-hydrogen) atoms. The zero-order valence-corrected chi connectivity index (χ0v) is 10.7. The number of hydrogen-bond acceptors (Lipinski definition) is 1. The van der Waals surface area contributed by atoms with Gasteiger partial charge in [-0.1, -0.05) is 43.7 Å². The molecule has 1 heterocycles. The molecule has 2 unspecified atom stereocenters. The average Bonchev–Trinajstić information content (AvgIpc) is 2.29. The summed E-state index contributed by atoms with van der Waals surface area (Å²) >= 11 is 0. The van der Waals surface area contributed by atoms with Crippen molar-refractivity contribution in [1.82, 2.24) is 5.32 Å². The maximum absolute atomic E-state index is 3.53. The fourth-order valence-corrected chi connectivity index (χ4v) is 2.90. The van der Waals surface area contributed by atoms with Gasteiger partial charge in [-0.05, 0) is 49.8 Å². The van der Waals surface area contributed by atoms with Crippen LogP contribution in [0.3, 0.4) is 0 Å². The summed E-state index contributed by atoms with van der Waals surface area (Å²) in [5, 5.41) is 3.53. The van der Waals surface area contributed by atoms with Gasteiger partial charge in [0, 0.05) is 0 Å². The van der Waals surface area contributed by atoms with E-state index in [0.29, 0.717) is 0 Å². The first-order valence-corrected chi connectivity index (χ1v) is 6.46. The zero-order chi connectivity index (χ0) is 11.5. The lowest BCUT2D eigenvalue weighted by atomic mass is 9.75. The molecule has 0 radical (unpaired) electrons. The van der Waals surface area contributed by atoms with E-state index in [2.05, 4.69) is 50.4 Å². The van der Waals surface area contributed by atoms with E-state index in [-0.39, 0.29) is 0 Å². The first-order chi connectivity index (χ1) is 7.68. The quantitative estimate of drug-likeness (QED) is 0.801. The van der Waals surface area contributed by atoms with Crippen LogP contribution in [0.1, 0.15) is 37.3 Å². The van der Waals surface area contributed by atoms with Gasteiger partial charge in [0.05, 0.1) is 0 Å². The molecule has 0 bridgehead atoms. The highest BCUT2D eigenvalue weighted by atomic mass is 14.9. The van der Waals surface area contributed by atoms with Gasteiger partial charge in [-0.15, -0.1) is 0 Å². The van der Waals surface area contributed by atoms with E-state index in [1.807, 2.05) is 0 Å². The summed E-state index contributed by atoms with van der Waals surface area (Å²) in [6, 6.07) is 9.06. The highest BCUT2D eigenvalue weighted by Crippen LogP contribution is 2.34. The summed E-state index contributed by atoms with van der Waals surface area (Å²) in [5.41, 5.74) is 2.93. The molecule has 1 aliphatic heterocycles. The highest BCUT2D eigenvalue weighted by molar-refractivity contribution is 5.26. The summed E-state index contributed by atoms with van der Waals surface area (Å²) in [4.78, 5) is 0. The third-order valence-corrected chi connectivity index (χ3v) is 3.86. The smallest absolute Gasteiger partial charge is 0.00122 e. The molecule has 0 saturated carbocycles. The van der Waals surface area contributed by atoms with E-state index in [4.69, 9.17) is 0 Å². The molecule has 0 aliphatic carbocycles. The van der Waals surface area contributed by atoms with Crippen LogP contribution in [0, 0.1) is 18.8 Å². The van der Waals surface area contributed by atoms with Gasteiger partial charge in [0.1, 0.15) is 0 Å². The van der Waals surface area contributed by atoms with Gasteiger partial charge in [-0.2, -0.15) is 0 Å². The van der Waals surface area contributed by atoms with E-state index < -0.39 is 0 Å². The Labute approximate surface area is 99.3 Å². The van der Waals surface area contributed by atoms with Crippen molar-refractivity contribution in [2.24, 2.45) is 11.8 Å². The first kappa shape index (κ1) is 11.7. The minimum Gasteiger partial charge on any atom is -0.316 e. The van der Waals surface area contributed by atoms with E-state index in [1.165, 1.54) is 25.1 Å². The van der Waals surface area contributed by atoms with Crippen LogP contribution < -0.4 is 5.32 Å². The van der Waals surface area contributed by atoms with Crippen molar-refractivity contribution in [3.05, 3.63) is 35.4 Å². The van der Waals surface area contributed by atoms with E-state index in [0.717, 1.165) is 17.8 Å². The van der Waals surface area contributed by atoms with Crippen LogP contribution >= 0.6 is 0 Å². The normalized spacial score (nSPS) is 26.0. The summed E-state index contributed by atoms with van der Waals surface area (Å²) in [6.45, 7) is 9.23. The Balaban J connectivity index is 2.23. The van der Waals surface area contributed by atoms with E-state index in [9.17, 15) is 0 Å². The number of rotatable bonds is 2. The second-order valence-electron chi connectivity index (χ2n) is 5.42. The summed E-state index contributed by atoms with van der Waals surface area (Å²) < 4.78 is 0. The monoisotopic (exact) mass is 217 g/mol. The lowest BCUT2D eigenvalue weighted by molar-refractivity contribution is 0.255. The van der Waals surface area contributed by atoms with Crippen LogP contribution in [0.4, 0.5) is 0 Å². The van der Waals surface area contributed by atoms with Gasteiger partial charge in [0.15, 0.2) is 0 Å². The molecule has 0 aromatic heterocycles. The topological polar surface area (TPSA) is 12.0 Å². The first-order valence-electron chi connectivity index (χ1n) is 6.46. The predicted octanol–water partition coefficient (Wildman–Crippen LogP) is 3.34. The summed E-state index contributed by atoms with van der Waals surface area (Å²) in [7, 11) is 0. The van der Waals surface area contributed by atoms with Crippen molar-refractivity contribution >= 4 is 0 Å². The molecule has 1 aliphatic rings. The molecule has 1 saturated heterocycles. The maximum atomic E-state index is 3.53. The van der Waals surface area contributed by atoms with E-state index in [1.54, 1.807) is 5.56 Å². The Hall–Kier alpha value is -0.820. The summed E-state index contributed by atoms with van der Waals surface area (Å²) in [6.07, 6.45) is 1.28. The number of piperidine rings is 1. The van der Waals surface area contributed by atoms with Gasteiger partial charge < -0.3 is 5.32 Å². The van der Waals surface area contributed by atoms with Gasteiger partial charge in [-0.25, -0.2) is 0 Å². The highest BCUT2D eigenvalue weighted by Gasteiger charge is 2.28. The Morgan fingerprint density at radius 2 is 2.12 bits per heavy atom. The van der Waals surface area contributed by atoms with Crippen molar-refractivity contribution in [1.29, 1.82) is 0 Å². The molecule has 1 fully saturated rings. The average molecular weight is 217 g/mol. The van der Waals surface area contributed by atoms with Crippen LogP contribution in [0.15, 0.2) is 24.3 Å². The van der Waals surface area contributed by atoms with Gasteiger partial charge >= 0.3 is 0 Å². The predicted molar refractivity (Wildman–Crippen MR) is 69.7 cm³/mol. The lowest BCUT2D eigenvalue weighted by Crippen LogP contribution is -2.38. The van der Waals surface area contributed by atoms with Gasteiger partial charge in [0.2, 0.25) is 0 Å². The minimum atomic E-state index is 0.751. The number of benzene rings is 1. The van der Waals surface area contributed by atoms with Crippen molar-refractivity contribution in [2.45, 2.75) is 33.1 Å². The standard InChI is InChI=1S/C15H23N/c1-11(2)15-10-16-8-7-14(15)13-6-4-5-12(3)9-13/h4-6,9,11,14-16H,7-8,10H2,1-3H3. The zero-order valence-electron chi connectivity index (χ0n) is 10.7. The van der Waals surface area contributed by atoms with Crippen molar-refractivity contribution in [3.8, 4) is 0 Å². The molecular formula is C15H23N. The molecule has 0 amide bonds. The van der Waals surface area contributed by atoms with Crippen LogP contribution in [0.2, 0.25) is 0 Å². The second kappa shape index (κ2) is 5.01. The summed E-state index contributed by atoms with van der Waals surface area (Å²) in [5.74, 6) is 2.30. The SMILES string of the molecule is Cc1cccc(C2CCNCC2C(C)C)c1. The third kappa shape index (κ3) is 2.46. The van der Waals surface area contributed by atoms with Crippen LogP contribution in [-0.4, -0.2) is 13.1 Å². The molecule has 2 atom stereocenters. The Morgan fingerprint density at radius 3 is 2.81 bits per heavy atom. The maximum Gasteiger partial charge on any atom is -0.00122 e. The minimum absolute atomic E-state index is 0.751. The van der Waals surface area contributed by atoms with Gasteiger partial charge in [0.25, 0.3) is 0 Å². The Kier molecular flexibility index (Phi) is 3.65. The molecule has 88 valence electrons.